The second kappa shape index (κ2) is 6.53. The molecule has 7 heteroatoms. The van der Waals surface area contributed by atoms with E-state index in [0.29, 0.717) is 5.69 Å². The number of carbonyl (C=O) groups excluding carboxylic acids is 1. The van der Waals surface area contributed by atoms with Crippen molar-refractivity contribution >= 4 is 17.3 Å². The van der Waals surface area contributed by atoms with Crippen molar-refractivity contribution in [1.29, 1.82) is 0 Å². The van der Waals surface area contributed by atoms with Gasteiger partial charge >= 0.3 is 0 Å². The molecule has 1 heterocycles. The van der Waals surface area contributed by atoms with Gasteiger partial charge in [0.1, 0.15) is 5.69 Å². The fraction of sp³-hybridized carbons (Fsp3) is 0.500. The maximum Gasteiger partial charge on any atom is 0.292 e. The number of nitrogens with two attached hydrogens (primary N) is 1. The minimum atomic E-state index is -0.581. The molecule has 1 amide bonds. The van der Waals surface area contributed by atoms with E-state index in [1.165, 1.54) is 18.2 Å². The van der Waals surface area contributed by atoms with Gasteiger partial charge in [-0.25, -0.2) is 0 Å². The predicted octanol–water partition coefficient (Wildman–Crippen LogP) is 1.27. The number of rotatable bonds is 4. The number of hydrogen-bond acceptors (Lipinski definition) is 5. The predicted molar refractivity (Wildman–Crippen MR) is 80.5 cm³/mol. The highest BCUT2D eigenvalue weighted by molar-refractivity contribution is 5.94. The monoisotopic (exact) mass is 292 g/mol. The first-order valence-corrected chi connectivity index (χ1v) is 7.02. The highest BCUT2D eigenvalue weighted by Gasteiger charge is 2.24. The zero-order chi connectivity index (χ0) is 15.4. The van der Waals surface area contributed by atoms with Crippen LogP contribution in [0.5, 0.6) is 0 Å². The Morgan fingerprint density at radius 1 is 1.43 bits per heavy atom. The van der Waals surface area contributed by atoms with Crippen molar-refractivity contribution in [2.45, 2.75) is 25.3 Å². The first-order chi connectivity index (χ1) is 10.0. The van der Waals surface area contributed by atoms with Gasteiger partial charge in [0, 0.05) is 24.7 Å². The van der Waals surface area contributed by atoms with Gasteiger partial charge in [0.15, 0.2) is 0 Å². The van der Waals surface area contributed by atoms with Crippen LogP contribution in [0.25, 0.3) is 0 Å². The molecule has 21 heavy (non-hydrogen) atoms. The Bertz CT molecular complexity index is 539. The molecule has 114 valence electrons. The number of carbonyl (C=O) groups is 1. The molecule has 1 atom stereocenters. The van der Waals surface area contributed by atoms with E-state index in [-0.39, 0.29) is 17.3 Å². The zero-order valence-electron chi connectivity index (χ0n) is 12.0. The fourth-order valence-corrected chi connectivity index (χ4v) is 2.70. The van der Waals surface area contributed by atoms with Crippen molar-refractivity contribution < 1.29 is 9.72 Å². The molecule has 1 aliphatic heterocycles. The van der Waals surface area contributed by atoms with E-state index >= 15 is 0 Å². The lowest BCUT2D eigenvalue weighted by Crippen LogP contribution is -2.33. The molecule has 1 saturated heterocycles. The molecule has 1 aromatic rings. The van der Waals surface area contributed by atoms with Crippen molar-refractivity contribution in [3.63, 3.8) is 0 Å². The van der Waals surface area contributed by atoms with Gasteiger partial charge < -0.3 is 16.0 Å². The standard InChI is InChI=1S/C14H20N4O3/c1-17(11-3-2-7-16-8-6-11)13-9-10(14(15)19)4-5-12(13)18(20)21/h4-5,9,11,16H,2-3,6-8H2,1H3,(H2,15,19). The van der Waals surface area contributed by atoms with Gasteiger partial charge in [0.25, 0.3) is 5.69 Å². The minimum Gasteiger partial charge on any atom is -0.366 e. The van der Waals surface area contributed by atoms with Gasteiger partial charge in [-0.15, -0.1) is 0 Å². The maximum absolute atomic E-state index is 11.3. The van der Waals surface area contributed by atoms with Gasteiger partial charge in [-0.1, -0.05) is 0 Å². The number of benzene rings is 1. The molecule has 0 bridgehead atoms. The number of nitrogens with zero attached hydrogens (tertiary/aromatic N) is 2. The van der Waals surface area contributed by atoms with Crippen LogP contribution >= 0.6 is 0 Å². The molecule has 3 N–H and O–H groups in total. The van der Waals surface area contributed by atoms with Crippen molar-refractivity contribution in [3.05, 3.63) is 33.9 Å². The van der Waals surface area contributed by atoms with E-state index in [1.807, 2.05) is 11.9 Å². The van der Waals surface area contributed by atoms with Crippen LogP contribution in [0.4, 0.5) is 11.4 Å². The average molecular weight is 292 g/mol. The summed E-state index contributed by atoms with van der Waals surface area (Å²) >= 11 is 0. The van der Waals surface area contributed by atoms with Crippen LogP contribution in [-0.2, 0) is 0 Å². The molecule has 0 aromatic heterocycles. The molecular formula is C14H20N4O3. The Morgan fingerprint density at radius 2 is 2.19 bits per heavy atom. The van der Waals surface area contributed by atoms with Crippen molar-refractivity contribution in [3.8, 4) is 0 Å². The first-order valence-electron chi connectivity index (χ1n) is 7.02. The van der Waals surface area contributed by atoms with Gasteiger partial charge in [0.2, 0.25) is 5.91 Å². The highest BCUT2D eigenvalue weighted by atomic mass is 16.6. The number of amides is 1. The lowest BCUT2D eigenvalue weighted by Gasteiger charge is -2.29. The summed E-state index contributed by atoms with van der Waals surface area (Å²) in [6.07, 6.45) is 2.90. The van der Waals surface area contributed by atoms with Crippen molar-refractivity contribution in [2.75, 3.05) is 25.0 Å². The molecule has 2 rings (SSSR count). The fourth-order valence-electron chi connectivity index (χ4n) is 2.70. The largest absolute Gasteiger partial charge is 0.366 e. The summed E-state index contributed by atoms with van der Waals surface area (Å²) in [6, 6.07) is 4.47. The summed E-state index contributed by atoms with van der Waals surface area (Å²) < 4.78 is 0. The van der Waals surface area contributed by atoms with E-state index in [0.717, 1.165) is 32.4 Å². The molecule has 1 fully saturated rings. The van der Waals surface area contributed by atoms with Crippen LogP contribution in [0.1, 0.15) is 29.6 Å². The van der Waals surface area contributed by atoms with Crippen LogP contribution in [-0.4, -0.2) is 37.0 Å². The van der Waals surface area contributed by atoms with Crippen molar-refractivity contribution in [1.82, 2.24) is 5.32 Å². The quantitative estimate of drug-likeness (QED) is 0.643. The van der Waals surface area contributed by atoms with Gasteiger partial charge in [0.05, 0.1) is 4.92 Å². The number of hydrogen-bond donors (Lipinski definition) is 2. The number of anilines is 1. The Labute approximate surface area is 123 Å². The van der Waals surface area contributed by atoms with E-state index in [1.54, 1.807) is 0 Å². The number of nitro benzene ring substituents is 1. The minimum absolute atomic E-state index is 0.000272. The smallest absolute Gasteiger partial charge is 0.292 e. The lowest BCUT2D eigenvalue weighted by molar-refractivity contribution is -0.384. The molecule has 1 unspecified atom stereocenters. The highest BCUT2D eigenvalue weighted by Crippen LogP contribution is 2.31. The third-order valence-electron chi connectivity index (χ3n) is 3.93. The zero-order valence-corrected chi connectivity index (χ0v) is 12.0. The van der Waals surface area contributed by atoms with E-state index < -0.39 is 10.8 Å². The molecule has 0 saturated carbocycles. The third-order valence-corrected chi connectivity index (χ3v) is 3.93. The molecule has 1 aromatic carbocycles. The topological polar surface area (TPSA) is 102 Å². The summed E-state index contributed by atoms with van der Waals surface area (Å²) in [5.41, 5.74) is 6.01. The molecule has 0 spiro atoms. The summed E-state index contributed by atoms with van der Waals surface area (Å²) in [5.74, 6) is -0.581. The maximum atomic E-state index is 11.3. The average Bonchev–Trinajstić information content (AvgIpc) is 2.74. The summed E-state index contributed by atoms with van der Waals surface area (Å²) in [6.45, 7) is 1.85. The van der Waals surface area contributed by atoms with Crippen LogP contribution in [0.2, 0.25) is 0 Å². The molecular weight excluding hydrogens is 272 g/mol. The Hall–Kier alpha value is -2.15. The molecule has 1 aliphatic rings. The Morgan fingerprint density at radius 3 is 2.86 bits per heavy atom. The van der Waals surface area contributed by atoms with E-state index in [9.17, 15) is 14.9 Å². The Balaban J connectivity index is 2.36. The number of nitro groups is 1. The second-order valence-electron chi connectivity index (χ2n) is 5.27. The number of primary amides is 1. The summed E-state index contributed by atoms with van der Waals surface area (Å²) in [7, 11) is 1.84. The summed E-state index contributed by atoms with van der Waals surface area (Å²) in [5, 5.41) is 14.5. The van der Waals surface area contributed by atoms with Crippen LogP contribution in [0.15, 0.2) is 18.2 Å². The summed E-state index contributed by atoms with van der Waals surface area (Å²) in [4.78, 5) is 24.0. The lowest BCUT2D eigenvalue weighted by atomic mass is 10.1. The first kappa shape index (κ1) is 15.2. The number of nitrogens with one attached hydrogen (secondary N) is 1. The Kier molecular flexibility index (Phi) is 4.74. The molecule has 0 radical (unpaired) electrons. The third kappa shape index (κ3) is 3.49. The molecule has 7 nitrogen and oxygen atoms in total. The van der Waals surface area contributed by atoms with Crippen LogP contribution in [0.3, 0.4) is 0 Å². The van der Waals surface area contributed by atoms with Crippen molar-refractivity contribution in [2.24, 2.45) is 5.73 Å². The second-order valence-corrected chi connectivity index (χ2v) is 5.27. The normalized spacial score (nSPS) is 18.8. The molecule has 0 aliphatic carbocycles. The van der Waals surface area contributed by atoms with Gasteiger partial charge in [-0.3, -0.25) is 14.9 Å². The van der Waals surface area contributed by atoms with E-state index in [4.69, 9.17) is 5.73 Å². The van der Waals surface area contributed by atoms with Crippen LogP contribution < -0.4 is 16.0 Å². The van der Waals surface area contributed by atoms with Gasteiger partial charge in [-0.2, -0.15) is 0 Å². The van der Waals surface area contributed by atoms with Crippen LogP contribution in [0, 0.1) is 10.1 Å². The van der Waals surface area contributed by atoms with E-state index in [2.05, 4.69) is 5.32 Å². The SMILES string of the molecule is CN(c1cc(C(N)=O)ccc1[N+](=O)[O-])C1CCCNCC1. The van der Waals surface area contributed by atoms with Gasteiger partial charge in [-0.05, 0) is 44.5 Å².